The van der Waals surface area contributed by atoms with Crippen LogP contribution in [-0.2, 0) is 13.1 Å². The molecule has 0 saturated carbocycles. The van der Waals surface area contributed by atoms with Gasteiger partial charge in [0.25, 0.3) is 5.56 Å². The van der Waals surface area contributed by atoms with E-state index in [1.807, 2.05) is 11.7 Å². The fourth-order valence-electron chi connectivity index (χ4n) is 4.89. The number of nitrogens with zero attached hydrogens (tertiary/aromatic N) is 6. The molecule has 6 rings (SSSR count). The van der Waals surface area contributed by atoms with Crippen LogP contribution < -0.4 is 20.7 Å². The Morgan fingerprint density at radius 1 is 0.949 bits per heavy atom. The van der Waals surface area contributed by atoms with E-state index in [1.165, 1.54) is 28.8 Å². The van der Waals surface area contributed by atoms with E-state index in [1.54, 1.807) is 37.3 Å². The Hall–Kier alpha value is -4.58. The van der Waals surface area contributed by atoms with Crippen LogP contribution in [-0.4, -0.2) is 55.6 Å². The molecule has 0 radical (unpaired) electrons. The smallest absolute Gasteiger partial charge is 0.387 e. The minimum atomic E-state index is -2.99. The third kappa shape index (κ3) is 4.32. The van der Waals surface area contributed by atoms with E-state index >= 15 is 0 Å². The van der Waals surface area contributed by atoms with Gasteiger partial charge in [-0.1, -0.05) is 0 Å². The monoisotopic (exact) mass is 534 g/mol. The van der Waals surface area contributed by atoms with Crippen molar-refractivity contribution >= 4 is 21.9 Å². The van der Waals surface area contributed by atoms with Crippen molar-refractivity contribution in [1.29, 1.82) is 0 Å². The molecule has 0 unspecified atom stereocenters. The first-order valence-corrected chi connectivity index (χ1v) is 12.4. The van der Waals surface area contributed by atoms with Crippen molar-refractivity contribution in [2.75, 3.05) is 20.2 Å². The number of ether oxygens (including phenoxy) is 2. The molecule has 200 valence electrons. The minimum Gasteiger partial charge on any atom is -0.478 e. The summed E-state index contributed by atoms with van der Waals surface area (Å²) in [5.74, 6) is 0.175. The number of pyridine rings is 1. The maximum atomic E-state index is 14.0. The third-order valence-electron chi connectivity index (χ3n) is 6.69. The maximum Gasteiger partial charge on any atom is 0.387 e. The Bertz CT molecular complexity index is 1830. The third-order valence-corrected chi connectivity index (χ3v) is 6.69. The number of halogens is 2. The van der Waals surface area contributed by atoms with E-state index in [-0.39, 0.29) is 22.7 Å². The summed E-state index contributed by atoms with van der Waals surface area (Å²) < 4.78 is 39.6. The summed E-state index contributed by atoms with van der Waals surface area (Å²) in [6.07, 6.45) is 0. The van der Waals surface area contributed by atoms with Crippen LogP contribution in [0.1, 0.15) is 12.6 Å². The molecule has 5 aromatic rings. The Labute approximate surface area is 220 Å². The van der Waals surface area contributed by atoms with E-state index in [0.29, 0.717) is 24.5 Å². The highest BCUT2D eigenvalue weighted by Gasteiger charge is 2.21. The zero-order valence-electron chi connectivity index (χ0n) is 21.2. The number of likely N-dealkylation sites (N-methyl/N-ethyl adjacent to an activating group) is 1. The van der Waals surface area contributed by atoms with Crippen LogP contribution in [0.15, 0.2) is 64.2 Å². The highest BCUT2D eigenvalue weighted by molar-refractivity contribution is 5.84. The van der Waals surface area contributed by atoms with Gasteiger partial charge in [-0.25, -0.2) is 13.9 Å². The fraction of sp³-hybridized carbons (Fsp3) is 0.259. The van der Waals surface area contributed by atoms with Crippen LogP contribution in [0.2, 0.25) is 0 Å². The standard InChI is InChI=1S/C27H24F2N6O4/c1-3-38-23-11-9-19-24(30-23)34(16-4-7-18(8-5-16)39-26(28)29)27(37)35(25(19)36)17-6-10-21-20(14-17)22-15-32(2)12-13-33(22)31-21/h4-11,14,26H,3,12-13,15H2,1-2H3. The first-order valence-electron chi connectivity index (χ1n) is 12.4. The number of hydrogen-bond acceptors (Lipinski definition) is 7. The molecule has 0 aliphatic carbocycles. The predicted octanol–water partition coefficient (Wildman–Crippen LogP) is 3.33. The fourth-order valence-corrected chi connectivity index (χ4v) is 4.89. The van der Waals surface area contributed by atoms with Crippen molar-refractivity contribution in [3.05, 3.63) is 81.1 Å². The minimum absolute atomic E-state index is 0.0659. The molecule has 0 saturated heterocycles. The molecule has 0 amide bonds. The van der Waals surface area contributed by atoms with E-state index < -0.39 is 17.9 Å². The first-order chi connectivity index (χ1) is 18.8. The van der Waals surface area contributed by atoms with Gasteiger partial charge in [-0.15, -0.1) is 0 Å². The molecule has 1 aliphatic heterocycles. The topological polar surface area (TPSA) is 96.4 Å². The van der Waals surface area contributed by atoms with Crippen LogP contribution in [0.4, 0.5) is 8.78 Å². The van der Waals surface area contributed by atoms with Gasteiger partial charge >= 0.3 is 12.3 Å². The number of aromatic nitrogens is 5. The molecular weight excluding hydrogens is 510 g/mol. The molecule has 12 heteroatoms. The quantitative estimate of drug-likeness (QED) is 0.330. The second kappa shape index (κ2) is 9.62. The van der Waals surface area contributed by atoms with Gasteiger partial charge in [-0.2, -0.15) is 18.9 Å². The van der Waals surface area contributed by atoms with Gasteiger partial charge < -0.3 is 9.47 Å². The van der Waals surface area contributed by atoms with E-state index in [0.717, 1.165) is 34.3 Å². The summed E-state index contributed by atoms with van der Waals surface area (Å²) in [6, 6.07) is 14.0. The number of rotatable bonds is 6. The summed E-state index contributed by atoms with van der Waals surface area (Å²) >= 11 is 0. The molecule has 0 spiro atoms. The number of benzene rings is 2. The van der Waals surface area contributed by atoms with Crippen LogP contribution in [0, 0.1) is 0 Å². The molecule has 39 heavy (non-hydrogen) atoms. The Morgan fingerprint density at radius 2 is 1.72 bits per heavy atom. The molecule has 0 N–H and O–H groups in total. The molecule has 1 aliphatic rings. The summed E-state index contributed by atoms with van der Waals surface area (Å²) in [7, 11) is 2.03. The van der Waals surface area contributed by atoms with Crippen LogP contribution in [0.25, 0.3) is 33.3 Å². The molecular formula is C27H24F2N6O4. The molecule has 3 aromatic heterocycles. The van der Waals surface area contributed by atoms with Crippen molar-refractivity contribution < 1.29 is 18.3 Å². The van der Waals surface area contributed by atoms with E-state index in [4.69, 9.17) is 4.74 Å². The van der Waals surface area contributed by atoms with Gasteiger partial charge in [-0.05, 0) is 62.5 Å². The second-order valence-corrected chi connectivity index (χ2v) is 9.19. The molecule has 0 bridgehead atoms. The Kier molecular flexibility index (Phi) is 6.10. The molecule has 0 atom stereocenters. The second-order valence-electron chi connectivity index (χ2n) is 9.19. The zero-order chi connectivity index (χ0) is 27.3. The average molecular weight is 535 g/mol. The van der Waals surface area contributed by atoms with Crippen LogP contribution in [0.5, 0.6) is 11.6 Å². The van der Waals surface area contributed by atoms with Crippen molar-refractivity contribution in [3.63, 3.8) is 0 Å². The zero-order valence-corrected chi connectivity index (χ0v) is 21.2. The van der Waals surface area contributed by atoms with Gasteiger partial charge in [-0.3, -0.25) is 14.4 Å². The van der Waals surface area contributed by atoms with Crippen molar-refractivity contribution in [3.8, 4) is 23.0 Å². The van der Waals surface area contributed by atoms with E-state index in [2.05, 4.69) is 19.7 Å². The van der Waals surface area contributed by atoms with Gasteiger partial charge in [0.05, 0.1) is 41.1 Å². The first kappa shape index (κ1) is 24.7. The van der Waals surface area contributed by atoms with Crippen LogP contribution in [0.3, 0.4) is 0 Å². The van der Waals surface area contributed by atoms with E-state index in [9.17, 15) is 18.4 Å². The maximum absolute atomic E-state index is 14.0. The normalized spacial score (nSPS) is 13.8. The Balaban J connectivity index is 1.60. The lowest BCUT2D eigenvalue weighted by molar-refractivity contribution is -0.0498. The van der Waals surface area contributed by atoms with Crippen molar-refractivity contribution in [2.45, 2.75) is 26.6 Å². The average Bonchev–Trinajstić information content (AvgIpc) is 3.27. The van der Waals surface area contributed by atoms with Crippen LogP contribution >= 0.6 is 0 Å². The summed E-state index contributed by atoms with van der Waals surface area (Å²) in [5, 5.41) is 5.71. The van der Waals surface area contributed by atoms with Gasteiger partial charge in [0, 0.05) is 24.5 Å². The van der Waals surface area contributed by atoms with Crippen molar-refractivity contribution in [2.24, 2.45) is 0 Å². The summed E-state index contributed by atoms with van der Waals surface area (Å²) in [6.45, 7) is 1.46. The SMILES string of the molecule is CCOc1ccc2c(=O)n(-c3ccc4nn5c(c4c3)CN(C)CC5)c(=O)n(-c3ccc(OC(F)F)cc3)c2n1. The Morgan fingerprint density at radius 3 is 2.46 bits per heavy atom. The number of alkyl halides is 2. The van der Waals surface area contributed by atoms with Gasteiger partial charge in [0.1, 0.15) is 5.75 Å². The highest BCUT2D eigenvalue weighted by atomic mass is 19.3. The molecule has 10 nitrogen and oxygen atoms in total. The largest absolute Gasteiger partial charge is 0.478 e. The lowest BCUT2D eigenvalue weighted by Gasteiger charge is -2.23. The summed E-state index contributed by atoms with van der Waals surface area (Å²) in [4.78, 5) is 34.4. The van der Waals surface area contributed by atoms with Gasteiger partial charge in [0.2, 0.25) is 5.88 Å². The van der Waals surface area contributed by atoms with Crippen molar-refractivity contribution in [1.82, 2.24) is 28.8 Å². The molecule has 2 aromatic carbocycles. The highest BCUT2D eigenvalue weighted by Crippen LogP contribution is 2.25. The number of fused-ring (bicyclic) bond motifs is 4. The lowest BCUT2D eigenvalue weighted by atomic mass is 10.1. The van der Waals surface area contributed by atoms with Gasteiger partial charge in [0.15, 0.2) is 5.65 Å². The molecule has 4 heterocycles. The lowest BCUT2D eigenvalue weighted by Crippen LogP contribution is -2.38. The molecule has 0 fully saturated rings. The number of hydrogen-bond donors (Lipinski definition) is 0. The summed E-state index contributed by atoms with van der Waals surface area (Å²) in [5.41, 5.74) is 1.34. The predicted molar refractivity (Wildman–Crippen MR) is 140 cm³/mol.